The molecule has 0 spiro atoms. The smallest absolute Gasteiger partial charge is 0.182 e. The lowest BCUT2D eigenvalue weighted by Gasteiger charge is -1.96. The largest absolute Gasteiger partial charge is 0.335 e. The summed E-state index contributed by atoms with van der Waals surface area (Å²) in [6.45, 7) is 1.23. The number of nitrogens with zero attached hydrogens (tertiary/aromatic N) is 2. The van der Waals surface area contributed by atoms with Crippen LogP contribution in [0.4, 0.5) is 0 Å². The van der Waals surface area contributed by atoms with Gasteiger partial charge >= 0.3 is 0 Å². The molecular weight excluding hydrogens is 190 g/mol. The monoisotopic (exact) mass is 205 g/mol. The lowest BCUT2D eigenvalue weighted by atomic mass is 10.1. The van der Waals surface area contributed by atoms with E-state index < -0.39 is 0 Å². The molecule has 0 fully saturated rings. The molecule has 4 nitrogen and oxygen atoms in total. The summed E-state index contributed by atoms with van der Waals surface area (Å²) in [5, 5.41) is 0. The Bertz CT molecular complexity index is 362. The summed E-state index contributed by atoms with van der Waals surface area (Å²) >= 11 is 0. The Balaban J connectivity index is 2.47. The molecule has 80 valence electrons. The van der Waals surface area contributed by atoms with Gasteiger partial charge < -0.3 is 10.3 Å². The van der Waals surface area contributed by atoms with Crippen LogP contribution >= 0.6 is 0 Å². The predicted octanol–water partition coefficient (Wildman–Crippen LogP) is 0.828. The summed E-state index contributed by atoms with van der Waals surface area (Å²) in [4.78, 5) is 15.6. The van der Waals surface area contributed by atoms with E-state index in [1.54, 1.807) is 12.5 Å². The van der Waals surface area contributed by atoms with Gasteiger partial charge in [0.2, 0.25) is 0 Å². The van der Waals surface area contributed by atoms with Gasteiger partial charge in [-0.1, -0.05) is 0 Å². The highest BCUT2D eigenvalue weighted by Gasteiger charge is 2.08. The summed E-state index contributed by atoms with van der Waals surface area (Å²) in [6.07, 6.45) is 10.3. The standard InChI is InChI=1S/C11H15N3O/c1-2-3-4-5-11(15)10-8-14(7-6-12)9-13-10/h1,8-9H,3-7,12H2. The second-order valence-corrected chi connectivity index (χ2v) is 3.27. The number of unbranched alkanes of at least 4 members (excludes halogenated alkanes) is 1. The number of aromatic nitrogens is 2. The number of imidazole rings is 1. The molecule has 0 aromatic carbocycles. The number of ketones is 1. The van der Waals surface area contributed by atoms with Gasteiger partial charge in [-0.15, -0.1) is 12.3 Å². The van der Waals surface area contributed by atoms with Gasteiger partial charge in [-0.2, -0.15) is 0 Å². The Morgan fingerprint density at radius 2 is 2.47 bits per heavy atom. The molecule has 0 saturated carbocycles. The van der Waals surface area contributed by atoms with Crippen LogP contribution in [0.2, 0.25) is 0 Å². The van der Waals surface area contributed by atoms with Crippen molar-refractivity contribution in [1.82, 2.24) is 9.55 Å². The highest BCUT2D eigenvalue weighted by Crippen LogP contribution is 2.04. The fourth-order valence-electron chi connectivity index (χ4n) is 1.25. The fourth-order valence-corrected chi connectivity index (χ4v) is 1.25. The van der Waals surface area contributed by atoms with E-state index in [9.17, 15) is 4.79 Å². The van der Waals surface area contributed by atoms with Crippen LogP contribution in [0.5, 0.6) is 0 Å². The normalized spacial score (nSPS) is 9.87. The Labute approximate surface area is 89.5 Å². The first kappa shape index (κ1) is 11.5. The molecule has 1 aromatic heterocycles. The van der Waals surface area contributed by atoms with E-state index in [0.29, 0.717) is 31.6 Å². The average Bonchev–Trinajstić information content (AvgIpc) is 2.67. The molecule has 0 radical (unpaired) electrons. The highest BCUT2D eigenvalue weighted by atomic mass is 16.1. The first-order valence-corrected chi connectivity index (χ1v) is 4.96. The van der Waals surface area contributed by atoms with Gasteiger partial charge in [0.15, 0.2) is 5.78 Å². The molecular formula is C11H15N3O. The van der Waals surface area contributed by atoms with Crippen LogP contribution in [0.3, 0.4) is 0 Å². The van der Waals surface area contributed by atoms with Crippen LogP contribution in [0.25, 0.3) is 0 Å². The third-order valence-electron chi connectivity index (χ3n) is 2.03. The molecule has 1 aromatic rings. The summed E-state index contributed by atoms with van der Waals surface area (Å²) < 4.78 is 1.81. The van der Waals surface area contributed by atoms with Crippen molar-refractivity contribution < 1.29 is 4.79 Å². The maximum atomic E-state index is 11.6. The number of terminal acetylenes is 1. The highest BCUT2D eigenvalue weighted by molar-refractivity contribution is 5.93. The van der Waals surface area contributed by atoms with Crippen molar-refractivity contribution in [1.29, 1.82) is 0 Å². The van der Waals surface area contributed by atoms with Crippen LogP contribution in [0.1, 0.15) is 29.8 Å². The number of Topliss-reactive ketones (excluding diaryl/α,β-unsaturated/α-hetero) is 1. The van der Waals surface area contributed by atoms with Crippen molar-refractivity contribution in [3.63, 3.8) is 0 Å². The summed E-state index contributed by atoms with van der Waals surface area (Å²) in [6, 6.07) is 0. The van der Waals surface area contributed by atoms with Crippen molar-refractivity contribution in [2.75, 3.05) is 6.54 Å². The van der Waals surface area contributed by atoms with Crippen LogP contribution in [-0.4, -0.2) is 21.9 Å². The second-order valence-electron chi connectivity index (χ2n) is 3.27. The van der Waals surface area contributed by atoms with Gasteiger partial charge in [-0.05, 0) is 6.42 Å². The summed E-state index contributed by atoms with van der Waals surface area (Å²) in [5.41, 5.74) is 5.89. The molecule has 0 amide bonds. The first-order chi connectivity index (χ1) is 7.27. The lowest BCUT2D eigenvalue weighted by molar-refractivity contribution is 0.0976. The van der Waals surface area contributed by atoms with E-state index in [-0.39, 0.29) is 5.78 Å². The number of rotatable bonds is 6. The topological polar surface area (TPSA) is 60.9 Å². The van der Waals surface area contributed by atoms with E-state index in [4.69, 9.17) is 12.2 Å². The molecule has 1 rings (SSSR count). The Morgan fingerprint density at radius 1 is 1.67 bits per heavy atom. The van der Waals surface area contributed by atoms with Crippen LogP contribution < -0.4 is 5.73 Å². The zero-order valence-electron chi connectivity index (χ0n) is 8.65. The van der Waals surface area contributed by atoms with Crippen molar-refractivity contribution >= 4 is 5.78 Å². The molecule has 0 aliphatic carbocycles. The minimum Gasteiger partial charge on any atom is -0.335 e. The van der Waals surface area contributed by atoms with E-state index in [1.807, 2.05) is 4.57 Å². The zero-order valence-corrected chi connectivity index (χ0v) is 8.65. The van der Waals surface area contributed by atoms with E-state index >= 15 is 0 Å². The molecule has 0 bridgehead atoms. The number of carbonyl (C=O) groups excluding carboxylic acids is 1. The van der Waals surface area contributed by atoms with Crippen molar-refractivity contribution in [2.24, 2.45) is 5.73 Å². The molecule has 0 unspecified atom stereocenters. The second kappa shape index (κ2) is 5.99. The quantitative estimate of drug-likeness (QED) is 0.425. The SMILES string of the molecule is C#CCCCC(=O)c1cn(CCN)cn1. The lowest BCUT2D eigenvalue weighted by Crippen LogP contribution is -2.08. The summed E-state index contributed by atoms with van der Waals surface area (Å²) in [5.74, 6) is 2.55. The fraction of sp³-hybridized carbons (Fsp3) is 0.455. The van der Waals surface area contributed by atoms with E-state index in [1.165, 1.54) is 0 Å². The van der Waals surface area contributed by atoms with Gasteiger partial charge in [-0.25, -0.2) is 4.98 Å². The van der Waals surface area contributed by atoms with Crippen molar-refractivity contribution in [3.05, 3.63) is 18.2 Å². The van der Waals surface area contributed by atoms with Crippen LogP contribution in [-0.2, 0) is 6.54 Å². The third kappa shape index (κ3) is 3.56. The molecule has 15 heavy (non-hydrogen) atoms. The molecule has 0 aliphatic rings. The van der Waals surface area contributed by atoms with E-state index in [2.05, 4.69) is 10.9 Å². The number of nitrogens with two attached hydrogens (primary N) is 1. The molecule has 2 N–H and O–H groups in total. The van der Waals surface area contributed by atoms with Crippen molar-refractivity contribution in [2.45, 2.75) is 25.8 Å². The third-order valence-corrected chi connectivity index (χ3v) is 2.03. The maximum absolute atomic E-state index is 11.6. The van der Waals surface area contributed by atoms with Crippen LogP contribution in [0, 0.1) is 12.3 Å². The van der Waals surface area contributed by atoms with Gasteiger partial charge in [0.1, 0.15) is 5.69 Å². The van der Waals surface area contributed by atoms with Gasteiger partial charge in [0.05, 0.1) is 6.33 Å². The van der Waals surface area contributed by atoms with Crippen LogP contribution in [0.15, 0.2) is 12.5 Å². The minimum absolute atomic E-state index is 0.0426. The molecule has 0 atom stereocenters. The Hall–Kier alpha value is -1.60. The molecule has 0 aliphatic heterocycles. The Morgan fingerprint density at radius 3 is 3.13 bits per heavy atom. The van der Waals surface area contributed by atoms with Crippen molar-refractivity contribution in [3.8, 4) is 12.3 Å². The Kier molecular flexibility index (Phi) is 4.58. The van der Waals surface area contributed by atoms with E-state index in [0.717, 1.165) is 6.42 Å². The first-order valence-electron chi connectivity index (χ1n) is 4.96. The predicted molar refractivity (Wildman–Crippen MR) is 58.3 cm³/mol. The average molecular weight is 205 g/mol. The number of carbonyl (C=O) groups is 1. The summed E-state index contributed by atoms with van der Waals surface area (Å²) in [7, 11) is 0. The van der Waals surface area contributed by atoms with Gasteiger partial charge in [0.25, 0.3) is 0 Å². The van der Waals surface area contributed by atoms with Gasteiger partial charge in [-0.3, -0.25) is 4.79 Å². The zero-order chi connectivity index (χ0) is 11.1. The number of hydrogen-bond acceptors (Lipinski definition) is 3. The molecule has 0 saturated heterocycles. The molecule has 1 heterocycles. The number of hydrogen-bond donors (Lipinski definition) is 1. The minimum atomic E-state index is 0.0426. The maximum Gasteiger partial charge on any atom is 0.182 e. The molecule has 4 heteroatoms. The van der Waals surface area contributed by atoms with Gasteiger partial charge in [0, 0.05) is 32.1 Å².